The molecule has 1 aliphatic heterocycles. The number of fused-ring (bicyclic) bond motifs is 2. The van der Waals surface area contributed by atoms with Gasteiger partial charge in [0.15, 0.2) is 0 Å². The molecule has 3 heteroatoms. The zero-order valence-electron chi connectivity index (χ0n) is 9.51. The zero-order valence-corrected chi connectivity index (χ0v) is 10.5. The van der Waals surface area contributed by atoms with Crippen molar-refractivity contribution < 1.29 is 9.05 Å². The van der Waals surface area contributed by atoms with Crippen molar-refractivity contribution in [1.29, 1.82) is 0 Å². The molecule has 3 rings (SSSR count). The van der Waals surface area contributed by atoms with Crippen LogP contribution >= 0.6 is 9.03 Å². The van der Waals surface area contributed by atoms with Crippen LogP contribution in [0.5, 0.6) is 5.75 Å². The highest BCUT2D eigenvalue weighted by atomic mass is 31.1. The number of hydrogen-bond acceptors (Lipinski definition) is 2. The molecule has 2 unspecified atom stereocenters. The number of hydrogen-bond donors (Lipinski definition) is 0. The molecule has 2 nitrogen and oxygen atoms in total. The minimum Gasteiger partial charge on any atom is -0.449 e. The average Bonchev–Trinajstić information content (AvgIpc) is 2.37. The Morgan fingerprint density at radius 3 is 3.00 bits per heavy atom. The number of rotatable bonds is 0. The van der Waals surface area contributed by atoms with E-state index in [0.717, 1.165) is 11.3 Å². The SMILES string of the molecule is C/C1=C2\C=CC=CC2OPOc2ccccc21. The van der Waals surface area contributed by atoms with E-state index < -0.39 is 0 Å². The second-order valence-corrected chi connectivity index (χ2v) is 4.65. The van der Waals surface area contributed by atoms with E-state index >= 15 is 0 Å². The molecule has 0 saturated heterocycles. The lowest BCUT2D eigenvalue weighted by Crippen LogP contribution is -2.13. The lowest BCUT2D eigenvalue weighted by atomic mass is 9.94. The maximum atomic E-state index is 5.72. The van der Waals surface area contributed by atoms with Crippen LogP contribution in [0.3, 0.4) is 0 Å². The van der Waals surface area contributed by atoms with E-state index in [2.05, 4.69) is 25.1 Å². The van der Waals surface area contributed by atoms with Gasteiger partial charge in [0.1, 0.15) is 11.9 Å². The second kappa shape index (κ2) is 4.48. The minimum absolute atomic E-state index is 0.0201. The van der Waals surface area contributed by atoms with E-state index in [-0.39, 0.29) is 15.1 Å². The van der Waals surface area contributed by atoms with E-state index in [9.17, 15) is 0 Å². The van der Waals surface area contributed by atoms with Gasteiger partial charge in [-0.25, -0.2) is 0 Å². The quantitative estimate of drug-likeness (QED) is 0.645. The largest absolute Gasteiger partial charge is 0.449 e. The summed E-state index contributed by atoms with van der Waals surface area (Å²) in [4.78, 5) is 0. The van der Waals surface area contributed by atoms with Crippen molar-refractivity contribution in [3.63, 3.8) is 0 Å². The van der Waals surface area contributed by atoms with Crippen molar-refractivity contribution in [3.8, 4) is 5.75 Å². The van der Waals surface area contributed by atoms with Crippen LogP contribution in [-0.2, 0) is 4.52 Å². The van der Waals surface area contributed by atoms with Crippen molar-refractivity contribution in [3.05, 3.63) is 59.7 Å². The van der Waals surface area contributed by atoms with E-state index in [4.69, 9.17) is 9.05 Å². The van der Waals surface area contributed by atoms with Gasteiger partial charge in [-0.05, 0) is 24.1 Å². The Kier molecular flexibility index (Phi) is 2.84. The van der Waals surface area contributed by atoms with Crippen molar-refractivity contribution >= 4 is 14.6 Å². The summed E-state index contributed by atoms with van der Waals surface area (Å²) in [6.07, 6.45) is 8.26. The molecule has 0 saturated carbocycles. The number of benzene rings is 1. The summed E-state index contributed by atoms with van der Waals surface area (Å²) < 4.78 is 11.4. The maximum absolute atomic E-state index is 5.72. The van der Waals surface area contributed by atoms with Crippen LogP contribution in [0, 0.1) is 0 Å². The van der Waals surface area contributed by atoms with Crippen LogP contribution in [0.1, 0.15) is 12.5 Å². The third-order valence-electron chi connectivity index (χ3n) is 3.03. The summed E-state index contributed by atoms with van der Waals surface area (Å²) in [6.45, 7) is 2.12. The second-order valence-electron chi connectivity index (χ2n) is 4.04. The molecule has 0 fully saturated rings. The van der Waals surface area contributed by atoms with Gasteiger partial charge >= 0.3 is 0 Å². The Balaban J connectivity index is 2.17. The van der Waals surface area contributed by atoms with Gasteiger partial charge in [-0.2, -0.15) is 0 Å². The van der Waals surface area contributed by atoms with Crippen LogP contribution in [0.2, 0.25) is 0 Å². The third-order valence-corrected chi connectivity index (χ3v) is 3.68. The number of allylic oxidation sites excluding steroid dienone is 3. The summed E-state index contributed by atoms with van der Waals surface area (Å²) in [5.41, 5.74) is 3.59. The van der Waals surface area contributed by atoms with Crippen molar-refractivity contribution in [1.82, 2.24) is 0 Å². The van der Waals surface area contributed by atoms with Gasteiger partial charge in [0.25, 0.3) is 0 Å². The highest BCUT2D eigenvalue weighted by molar-refractivity contribution is 7.26. The van der Waals surface area contributed by atoms with E-state index in [1.165, 1.54) is 11.1 Å². The highest BCUT2D eigenvalue weighted by Gasteiger charge is 2.20. The molecule has 2 atom stereocenters. The molecule has 0 spiro atoms. The molecule has 0 aromatic heterocycles. The Morgan fingerprint density at radius 2 is 2.06 bits per heavy atom. The first-order valence-electron chi connectivity index (χ1n) is 5.59. The molecular weight excluding hydrogens is 231 g/mol. The molecule has 0 amide bonds. The monoisotopic (exact) mass is 244 g/mol. The lowest BCUT2D eigenvalue weighted by Gasteiger charge is -2.24. The molecule has 0 bridgehead atoms. The average molecular weight is 244 g/mol. The van der Waals surface area contributed by atoms with Crippen molar-refractivity contribution in [2.75, 3.05) is 0 Å². The first-order valence-corrected chi connectivity index (χ1v) is 6.40. The van der Waals surface area contributed by atoms with Gasteiger partial charge in [-0.3, -0.25) is 0 Å². The van der Waals surface area contributed by atoms with Gasteiger partial charge in [0.2, 0.25) is 9.03 Å². The van der Waals surface area contributed by atoms with Gasteiger partial charge in [0.05, 0.1) is 0 Å². The van der Waals surface area contributed by atoms with Gasteiger partial charge in [-0.15, -0.1) is 0 Å². The lowest BCUT2D eigenvalue weighted by molar-refractivity contribution is 0.299. The highest BCUT2D eigenvalue weighted by Crippen LogP contribution is 2.38. The predicted octanol–water partition coefficient (Wildman–Crippen LogP) is 3.87. The van der Waals surface area contributed by atoms with Crippen LogP contribution in [0.25, 0.3) is 5.57 Å². The molecule has 86 valence electrons. The Labute approximate surface area is 103 Å². The van der Waals surface area contributed by atoms with Gasteiger partial charge < -0.3 is 9.05 Å². The van der Waals surface area contributed by atoms with Crippen molar-refractivity contribution in [2.24, 2.45) is 0 Å². The zero-order chi connectivity index (χ0) is 11.7. The fourth-order valence-corrected chi connectivity index (χ4v) is 2.73. The molecule has 1 aliphatic carbocycles. The maximum Gasteiger partial charge on any atom is 0.216 e. The van der Waals surface area contributed by atoms with Gasteiger partial charge in [0, 0.05) is 5.56 Å². The van der Waals surface area contributed by atoms with E-state index in [1.807, 2.05) is 30.4 Å². The molecular formula is C14H13O2P. The topological polar surface area (TPSA) is 18.5 Å². The van der Waals surface area contributed by atoms with Crippen LogP contribution in [-0.4, -0.2) is 6.10 Å². The fraction of sp³-hybridized carbons (Fsp3) is 0.143. The van der Waals surface area contributed by atoms with Crippen molar-refractivity contribution in [2.45, 2.75) is 13.0 Å². The molecule has 2 aliphatic rings. The molecule has 1 aromatic rings. The standard InChI is InChI=1S/C14H13O2P/c1-10-11-6-2-4-8-13(11)15-17-16-14-9-5-3-7-12(10)14/h2-9,13,17H,1H3/b11-10-. The Morgan fingerprint density at radius 1 is 1.18 bits per heavy atom. The molecule has 1 aromatic carbocycles. The molecule has 0 N–H and O–H groups in total. The molecule has 17 heavy (non-hydrogen) atoms. The van der Waals surface area contributed by atoms with Crippen LogP contribution in [0.15, 0.2) is 54.1 Å². The summed E-state index contributed by atoms with van der Waals surface area (Å²) in [6, 6.07) is 8.10. The van der Waals surface area contributed by atoms with Crippen LogP contribution in [0.4, 0.5) is 0 Å². The van der Waals surface area contributed by atoms with Gasteiger partial charge in [-0.1, -0.05) is 42.5 Å². The summed E-state index contributed by atoms with van der Waals surface area (Å²) in [5.74, 6) is 0.900. The predicted molar refractivity (Wildman–Crippen MR) is 71.1 cm³/mol. The first-order chi connectivity index (χ1) is 8.36. The third kappa shape index (κ3) is 1.95. The Bertz CT molecular complexity index is 529. The number of para-hydroxylation sites is 1. The fourth-order valence-electron chi connectivity index (χ4n) is 2.11. The van der Waals surface area contributed by atoms with Crippen LogP contribution < -0.4 is 4.52 Å². The van der Waals surface area contributed by atoms with E-state index in [0.29, 0.717) is 0 Å². The molecule has 1 heterocycles. The smallest absolute Gasteiger partial charge is 0.216 e. The first kappa shape index (κ1) is 10.8. The normalized spacial score (nSPS) is 27.9. The molecule has 0 radical (unpaired) electrons. The summed E-state index contributed by atoms with van der Waals surface area (Å²) in [7, 11) is 0.0377. The Hall–Kier alpha value is -1.37. The van der Waals surface area contributed by atoms with E-state index in [1.54, 1.807) is 0 Å². The summed E-state index contributed by atoms with van der Waals surface area (Å²) >= 11 is 0. The minimum atomic E-state index is 0.0201. The summed E-state index contributed by atoms with van der Waals surface area (Å²) in [5, 5.41) is 0.